The maximum atomic E-state index is 11.0. The molecule has 2 N–H and O–H groups in total. The molecule has 2 aliphatic rings. The van der Waals surface area contributed by atoms with Gasteiger partial charge in [-0.05, 0) is 56.9 Å². The fraction of sp³-hybridized carbons (Fsp3) is 0.792. The summed E-state index contributed by atoms with van der Waals surface area (Å²) in [5.41, 5.74) is 0.992. The lowest BCUT2D eigenvalue weighted by atomic mass is 9.86. The molecule has 0 radical (unpaired) electrons. The van der Waals surface area contributed by atoms with Gasteiger partial charge in [-0.25, -0.2) is 0 Å². The number of hydrogen-bond donors (Lipinski definition) is 2. The molecule has 0 aromatic heterocycles. The first-order chi connectivity index (χ1) is 13.6. The average molecular weight is 409 g/mol. The van der Waals surface area contributed by atoms with Gasteiger partial charge in [-0.3, -0.25) is 4.79 Å². The topological polar surface area (TPSA) is 79.3 Å². The molecule has 2 heterocycles. The van der Waals surface area contributed by atoms with E-state index in [0.717, 1.165) is 31.3 Å². The monoisotopic (exact) mass is 408 g/mol. The summed E-state index contributed by atoms with van der Waals surface area (Å²) in [7, 11) is 0. The van der Waals surface area contributed by atoms with Crippen LogP contribution in [0.4, 0.5) is 0 Å². The largest absolute Gasteiger partial charge is 0.481 e. The highest BCUT2D eigenvalue weighted by Gasteiger charge is 2.55. The van der Waals surface area contributed by atoms with E-state index in [-0.39, 0.29) is 42.4 Å². The number of aliphatic hydroxyl groups is 1. The third-order valence-electron chi connectivity index (χ3n) is 6.62. The minimum absolute atomic E-state index is 0.0156. The maximum Gasteiger partial charge on any atom is 0.305 e. The van der Waals surface area contributed by atoms with E-state index in [2.05, 4.69) is 52.8 Å². The lowest BCUT2D eigenvalue weighted by Gasteiger charge is -2.35. The van der Waals surface area contributed by atoms with E-state index in [1.54, 1.807) is 0 Å². The number of allylic oxidation sites excluding steroid dienone is 3. The standard InChI is InChI=1S/C24H40O5/c1-7-20(25)18(5)23-24(6,29-23)14-15(2)9-8-10-16(3)22-17(4)11-12-19(28-22)13-21(26)27/h8-10,15,17-20,22-23,25H,7,11-14H2,1-6H3,(H,26,27)/b9-8+,16-10-. The van der Waals surface area contributed by atoms with Crippen LogP contribution in [0, 0.1) is 17.8 Å². The van der Waals surface area contributed by atoms with Crippen LogP contribution in [0.5, 0.6) is 0 Å². The second-order valence-electron chi connectivity index (χ2n) is 9.49. The number of ether oxygens (including phenoxy) is 2. The Bertz CT molecular complexity index is 612. The Morgan fingerprint density at radius 2 is 2.00 bits per heavy atom. The van der Waals surface area contributed by atoms with E-state index in [0.29, 0.717) is 11.8 Å². The fourth-order valence-corrected chi connectivity index (χ4v) is 4.77. The number of carboxylic acid groups (broad SMARTS) is 1. The van der Waals surface area contributed by atoms with E-state index >= 15 is 0 Å². The Morgan fingerprint density at radius 1 is 1.31 bits per heavy atom. The number of carboxylic acids is 1. The molecule has 29 heavy (non-hydrogen) atoms. The zero-order chi connectivity index (χ0) is 21.8. The summed E-state index contributed by atoms with van der Waals surface area (Å²) in [6, 6.07) is 0. The number of rotatable bonds is 10. The number of aliphatic carboxylic acids is 1. The van der Waals surface area contributed by atoms with Crippen molar-refractivity contribution in [3.05, 3.63) is 23.8 Å². The van der Waals surface area contributed by atoms with E-state index in [4.69, 9.17) is 14.6 Å². The first-order valence-electron chi connectivity index (χ1n) is 11.2. The van der Waals surface area contributed by atoms with Crippen molar-refractivity contribution in [3.8, 4) is 0 Å². The molecule has 0 aromatic carbocycles. The van der Waals surface area contributed by atoms with Gasteiger partial charge in [-0.2, -0.15) is 0 Å². The normalized spacial score (nSPS) is 36.0. The Morgan fingerprint density at radius 3 is 2.62 bits per heavy atom. The van der Waals surface area contributed by atoms with Crippen molar-refractivity contribution in [2.45, 2.75) is 104 Å². The minimum Gasteiger partial charge on any atom is -0.481 e. The molecule has 0 bridgehead atoms. The van der Waals surface area contributed by atoms with Crippen molar-refractivity contribution >= 4 is 5.97 Å². The second-order valence-corrected chi connectivity index (χ2v) is 9.49. The summed E-state index contributed by atoms with van der Waals surface area (Å²) >= 11 is 0. The predicted octanol–water partition coefficient (Wildman–Crippen LogP) is 4.74. The van der Waals surface area contributed by atoms with Crippen LogP contribution >= 0.6 is 0 Å². The molecular weight excluding hydrogens is 368 g/mol. The van der Waals surface area contributed by atoms with Gasteiger partial charge in [0.05, 0.1) is 36.4 Å². The molecule has 0 saturated carbocycles. The summed E-state index contributed by atoms with van der Waals surface area (Å²) in [6.45, 7) is 12.6. The van der Waals surface area contributed by atoms with Crippen LogP contribution < -0.4 is 0 Å². The number of aliphatic hydroxyl groups excluding tert-OH is 1. The van der Waals surface area contributed by atoms with Crippen LogP contribution in [-0.2, 0) is 14.3 Å². The Balaban J connectivity index is 1.87. The average Bonchev–Trinajstić information content (AvgIpc) is 3.31. The van der Waals surface area contributed by atoms with Crippen molar-refractivity contribution < 1.29 is 24.5 Å². The van der Waals surface area contributed by atoms with E-state index in [1.165, 1.54) is 0 Å². The summed E-state index contributed by atoms with van der Waals surface area (Å²) in [5, 5.41) is 19.1. The molecule has 166 valence electrons. The molecule has 2 aliphatic heterocycles. The number of hydrogen-bond acceptors (Lipinski definition) is 4. The third-order valence-corrected chi connectivity index (χ3v) is 6.62. The molecule has 0 amide bonds. The van der Waals surface area contributed by atoms with Gasteiger partial charge < -0.3 is 19.7 Å². The highest BCUT2D eigenvalue weighted by atomic mass is 16.6. The van der Waals surface area contributed by atoms with Crippen molar-refractivity contribution in [1.82, 2.24) is 0 Å². The van der Waals surface area contributed by atoms with Gasteiger partial charge in [-0.15, -0.1) is 0 Å². The van der Waals surface area contributed by atoms with Gasteiger partial charge in [0.1, 0.15) is 0 Å². The molecule has 0 aliphatic carbocycles. The van der Waals surface area contributed by atoms with Crippen LogP contribution in [0.1, 0.15) is 73.6 Å². The molecule has 0 aromatic rings. The molecule has 2 saturated heterocycles. The van der Waals surface area contributed by atoms with Crippen LogP contribution in [0.25, 0.3) is 0 Å². The Labute approximate surface area is 176 Å². The van der Waals surface area contributed by atoms with Gasteiger partial charge >= 0.3 is 5.97 Å². The van der Waals surface area contributed by atoms with Gasteiger partial charge in [0.2, 0.25) is 0 Å². The van der Waals surface area contributed by atoms with Crippen LogP contribution in [-0.4, -0.2) is 46.2 Å². The lowest BCUT2D eigenvalue weighted by molar-refractivity contribution is -0.143. The first-order valence-corrected chi connectivity index (χ1v) is 11.2. The van der Waals surface area contributed by atoms with Crippen LogP contribution in [0.2, 0.25) is 0 Å². The zero-order valence-corrected chi connectivity index (χ0v) is 18.9. The third kappa shape index (κ3) is 6.66. The quantitative estimate of drug-likeness (QED) is 0.403. The highest BCUT2D eigenvalue weighted by Crippen LogP contribution is 2.47. The summed E-state index contributed by atoms with van der Waals surface area (Å²) in [5.74, 6) is 0.123. The first kappa shape index (κ1) is 24.1. The number of carbonyl (C=O) groups is 1. The van der Waals surface area contributed by atoms with Crippen LogP contribution in [0.3, 0.4) is 0 Å². The van der Waals surface area contributed by atoms with Gasteiger partial charge in [0, 0.05) is 5.92 Å². The summed E-state index contributed by atoms with van der Waals surface area (Å²) in [4.78, 5) is 11.0. The molecule has 0 spiro atoms. The van der Waals surface area contributed by atoms with E-state index in [1.807, 2.05) is 6.92 Å². The zero-order valence-electron chi connectivity index (χ0n) is 18.9. The fourth-order valence-electron chi connectivity index (χ4n) is 4.77. The van der Waals surface area contributed by atoms with Crippen LogP contribution in [0.15, 0.2) is 23.8 Å². The van der Waals surface area contributed by atoms with Gasteiger partial charge in [0.15, 0.2) is 0 Å². The lowest BCUT2D eigenvalue weighted by Crippen LogP contribution is -2.35. The van der Waals surface area contributed by atoms with Crippen molar-refractivity contribution in [2.75, 3.05) is 0 Å². The molecule has 5 heteroatoms. The molecular formula is C24H40O5. The predicted molar refractivity (Wildman–Crippen MR) is 115 cm³/mol. The van der Waals surface area contributed by atoms with E-state index < -0.39 is 5.97 Å². The SMILES string of the molecule is CCC(O)C(C)C1OC1(C)CC(C)/C=C/C=C(/C)C1OC(CC(=O)O)CCC1C. The van der Waals surface area contributed by atoms with Crippen molar-refractivity contribution in [1.29, 1.82) is 0 Å². The second kappa shape index (κ2) is 10.2. The van der Waals surface area contributed by atoms with E-state index in [9.17, 15) is 9.90 Å². The molecule has 2 fully saturated rings. The summed E-state index contributed by atoms with van der Waals surface area (Å²) < 4.78 is 12.0. The Kier molecular flexibility index (Phi) is 8.50. The Hall–Kier alpha value is -1.17. The molecule has 8 atom stereocenters. The number of epoxide rings is 1. The van der Waals surface area contributed by atoms with Gasteiger partial charge in [0.25, 0.3) is 0 Å². The van der Waals surface area contributed by atoms with Crippen molar-refractivity contribution in [2.24, 2.45) is 17.8 Å². The minimum atomic E-state index is -0.798. The maximum absolute atomic E-state index is 11.0. The smallest absolute Gasteiger partial charge is 0.305 e. The molecule has 8 unspecified atom stereocenters. The van der Waals surface area contributed by atoms with Gasteiger partial charge in [-0.1, -0.05) is 45.9 Å². The highest BCUT2D eigenvalue weighted by molar-refractivity contribution is 5.67. The van der Waals surface area contributed by atoms with Crippen molar-refractivity contribution in [3.63, 3.8) is 0 Å². The molecule has 2 rings (SSSR count). The molecule has 5 nitrogen and oxygen atoms in total. The summed E-state index contributed by atoms with van der Waals surface area (Å²) in [6.07, 6.45) is 9.56.